The fourth-order valence-corrected chi connectivity index (χ4v) is 3.26. The molecule has 24 heavy (non-hydrogen) atoms. The number of aromatic nitrogens is 2. The molecule has 2 aromatic rings. The Labute approximate surface area is 140 Å². The fraction of sp³-hybridized carbons (Fsp3) is 0.471. The van der Waals surface area contributed by atoms with Crippen molar-refractivity contribution in [1.82, 2.24) is 14.9 Å². The van der Waals surface area contributed by atoms with Crippen LogP contribution in [0.1, 0.15) is 29.6 Å². The molecule has 1 atom stereocenters. The SMILES string of the molecule is O=C(c1ccoc1)N1CCC(Oc2cc(N3CCCC3)ncn2)C1. The van der Waals surface area contributed by atoms with Crippen LogP contribution in [-0.4, -0.2) is 53.1 Å². The highest BCUT2D eigenvalue weighted by molar-refractivity contribution is 5.94. The van der Waals surface area contributed by atoms with Crippen LogP contribution in [0, 0.1) is 0 Å². The van der Waals surface area contributed by atoms with Crippen molar-refractivity contribution in [2.45, 2.75) is 25.4 Å². The lowest BCUT2D eigenvalue weighted by atomic mass is 10.3. The summed E-state index contributed by atoms with van der Waals surface area (Å²) in [6.45, 7) is 3.31. The summed E-state index contributed by atoms with van der Waals surface area (Å²) in [6, 6.07) is 3.58. The van der Waals surface area contributed by atoms with Crippen molar-refractivity contribution in [1.29, 1.82) is 0 Å². The Morgan fingerprint density at radius 3 is 2.92 bits per heavy atom. The van der Waals surface area contributed by atoms with Crippen LogP contribution < -0.4 is 9.64 Å². The summed E-state index contributed by atoms with van der Waals surface area (Å²) in [6.07, 6.45) is 7.70. The van der Waals surface area contributed by atoms with Gasteiger partial charge in [-0.25, -0.2) is 9.97 Å². The van der Waals surface area contributed by atoms with Gasteiger partial charge in [-0.15, -0.1) is 0 Å². The van der Waals surface area contributed by atoms with Crippen LogP contribution in [0.4, 0.5) is 5.82 Å². The molecule has 0 bridgehead atoms. The summed E-state index contributed by atoms with van der Waals surface area (Å²) >= 11 is 0. The summed E-state index contributed by atoms with van der Waals surface area (Å²) in [7, 11) is 0. The van der Waals surface area contributed by atoms with E-state index < -0.39 is 0 Å². The Morgan fingerprint density at radius 2 is 2.12 bits per heavy atom. The molecule has 0 saturated carbocycles. The molecule has 7 nitrogen and oxygen atoms in total. The molecular formula is C17H20N4O3. The number of amides is 1. The van der Waals surface area contributed by atoms with Gasteiger partial charge in [-0.2, -0.15) is 0 Å². The first-order valence-corrected chi connectivity index (χ1v) is 8.35. The first-order valence-electron chi connectivity index (χ1n) is 8.35. The molecule has 0 N–H and O–H groups in total. The van der Waals surface area contributed by atoms with Crippen molar-refractivity contribution < 1.29 is 13.9 Å². The first kappa shape index (κ1) is 15.0. The molecule has 0 aromatic carbocycles. The van der Waals surface area contributed by atoms with E-state index in [1.54, 1.807) is 17.3 Å². The van der Waals surface area contributed by atoms with E-state index >= 15 is 0 Å². The highest BCUT2D eigenvalue weighted by Crippen LogP contribution is 2.23. The van der Waals surface area contributed by atoms with Crippen LogP contribution >= 0.6 is 0 Å². The Balaban J connectivity index is 1.38. The molecule has 4 heterocycles. The predicted molar refractivity (Wildman–Crippen MR) is 87.1 cm³/mol. The maximum Gasteiger partial charge on any atom is 0.257 e. The van der Waals surface area contributed by atoms with Crippen molar-refractivity contribution in [2.24, 2.45) is 0 Å². The number of nitrogens with zero attached hydrogens (tertiary/aromatic N) is 4. The molecule has 126 valence electrons. The lowest BCUT2D eigenvalue weighted by molar-refractivity contribution is 0.0770. The van der Waals surface area contributed by atoms with Gasteiger partial charge in [-0.1, -0.05) is 0 Å². The van der Waals surface area contributed by atoms with E-state index in [-0.39, 0.29) is 12.0 Å². The van der Waals surface area contributed by atoms with Crippen molar-refractivity contribution in [2.75, 3.05) is 31.1 Å². The fourth-order valence-electron chi connectivity index (χ4n) is 3.26. The van der Waals surface area contributed by atoms with E-state index in [2.05, 4.69) is 14.9 Å². The standard InChI is InChI=1S/C17H20N4O3/c22-17(13-4-8-23-11-13)21-7-3-14(10-21)24-16-9-15(18-12-19-16)20-5-1-2-6-20/h4,8-9,11-12,14H,1-3,5-7,10H2. The molecule has 2 saturated heterocycles. The molecule has 2 aromatic heterocycles. The molecule has 7 heteroatoms. The molecule has 2 aliphatic rings. The number of carbonyl (C=O) groups is 1. The third kappa shape index (κ3) is 3.06. The van der Waals surface area contributed by atoms with Crippen LogP contribution in [-0.2, 0) is 0 Å². The topological polar surface area (TPSA) is 71.7 Å². The van der Waals surface area contributed by atoms with Gasteiger partial charge in [0.15, 0.2) is 0 Å². The predicted octanol–water partition coefficient (Wildman–Crippen LogP) is 1.96. The second-order valence-corrected chi connectivity index (χ2v) is 6.20. The van der Waals surface area contributed by atoms with Gasteiger partial charge in [0.2, 0.25) is 5.88 Å². The van der Waals surface area contributed by atoms with Gasteiger partial charge in [0.05, 0.1) is 18.4 Å². The van der Waals surface area contributed by atoms with Gasteiger partial charge in [0, 0.05) is 32.1 Å². The van der Waals surface area contributed by atoms with Crippen LogP contribution in [0.25, 0.3) is 0 Å². The number of ether oxygens (including phenoxy) is 1. The Hall–Kier alpha value is -2.57. The monoisotopic (exact) mass is 328 g/mol. The van der Waals surface area contributed by atoms with E-state index in [0.29, 0.717) is 24.5 Å². The summed E-state index contributed by atoms with van der Waals surface area (Å²) in [5, 5.41) is 0. The molecule has 0 spiro atoms. The number of carbonyl (C=O) groups excluding carboxylic acids is 1. The normalized spacial score (nSPS) is 20.6. The second kappa shape index (κ2) is 6.51. The lowest BCUT2D eigenvalue weighted by Crippen LogP contribution is -2.30. The van der Waals surface area contributed by atoms with Gasteiger partial charge < -0.3 is 19.0 Å². The number of hydrogen-bond acceptors (Lipinski definition) is 6. The third-order valence-corrected chi connectivity index (χ3v) is 4.55. The summed E-state index contributed by atoms with van der Waals surface area (Å²) in [4.78, 5) is 24.9. The van der Waals surface area contributed by atoms with Crippen molar-refractivity contribution >= 4 is 11.7 Å². The van der Waals surface area contributed by atoms with E-state index in [4.69, 9.17) is 9.15 Å². The van der Waals surface area contributed by atoms with Crippen LogP contribution in [0.2, 0.25) is 0 Å². The molecule has 4 rings (SSSR count). The number of likely N-dealkylation sites (tertiary alicyclic amines) is 1. The Kier molecular flexibility index (Phi) is 4.06. The third-order valence-electron chi connectivity index (χ3n) is 4.55. The smallest absolute Gasteiger partial charge is 0.257 e. The minimum Gasteiger partial charge on any atom is -0.472 e. The first-order chi connectivity index (χ1) is 11.8. The van der Waals surface area contributed by atoms with Gasteiger partial charge in [0.25, 0.3) is 5.91 Å². The quantitative estimate of drug-likeness (QED) is 0.854. The molecule has 0 radical (unpaired) electrons. The zero-order valence-electron chi connectivity index (χ0n) is 13.4. The molecule has 1 amide bonds. The highest BCUT2D eigenvalue weighted by atomic mass is 16.5. The second-order valence-electron chi connectivity index (χ2n) is 6.20. The largest absolute Gasteiger partial charge is 0.472 e. The maximum absolute atomic E-state index is 12.3. The van der Waals surface area contributed by atoms with Crippen LogP contribution in [0.5, 0.6) is 5.88 Å². The molecule has 1 unspecified atom stereocenters. The average Bonchev–Trinajstić information content (AvgIpc) is 3.36. The Bertz CT molecular complexity index is 698. The highest BCUT2D eigenvalue weighted by Gasteiger charge is 2.29. The average molecular weight is 328 g/mol. The van der Waals surface area contributed by atoms with Gasteiger partial charge in [0.1, 0.15) is 24.5 Å². The van der Waals surface area contributed by atoms with E-state index in [9.17, 15) is 4.79 Å². The van der Waals surface area contributed by atoms with E-state index in [1.807, 2.05) is 6.07 Å². The minimum atomic E-state index is -0.0396. The van der Waals surface area contributed by atoms with Gasteiger partial charge >= 0.3 is 0 Å². The zero-order chi connectivity index (χ0) is 16.4. The van der Waals surface area contributed by atoms with Crippen molar-refractivity contribution in [3.05, 3.63) is 36.5 Å². The van der Waals surface area contributed by atoms with Crippen molar-refractivity contribution in [3.63, 3.8) is 0 Å². The maximum atomic E-state index is 12.3. The summed E-state index contributed by atoms with van der Waals surface area (Å²) in [5.74, 6) is 1.48. The number of rotatable bonds is 4. The van der Waals surface area contributed by atoms with Crippen LogP contribution in [0.3, 0.4) is 0 Å². The van der Waals surface area contributed by atoms with Crippen LogP contribution in [0.15, 0.2) is 35.4 Å². The summed E-state index contributed by atoms with van der Waals surface area (Å²) < 4.78 is 11.0. The summed E-state index contributed by atoms with van der Waals surface area (Å²) in [5.41, 5.74) is 0.578. The molecule has 0 aliphatic carbocycles. The van der Waals surface area contributed by atoms with Gasteiger partial charge in [-0.3, -0.25) is 4.79 Å². The van der Waals surface area contributed by atoms with E-state index in [1.165, 1.54) is 25.4 Å². The zero-order valence-corrected chi connectivity index (χ0v) is 13.4. The number of anilines is 1. The van der Waals surface area contributed by atoms with Gasteiger partial charge in [-0.05, 0) is 18.9 Å². The number of hydrogen-bond donors (Lipinski definition) is 0. The minimum absolute atomic E-state index is 0.0182. The lowest BCUT2D eigenvalue weighted by Gasteiger charge is -2.18. The molecular weight excluding hydrogens is 308 g/mol. The molecule has 2 aliphatic heterocycles. The van der Waals surface area contributed by atoms with Crippen molar-refractivity contribution in [3.8, 4) is 5.88 Å². The molecule has 2 fully saturated rings. The Morgan fingerprint density at radius 1 is 1.25 bits per heavy atom. The number of furan rings is 1. The van der Waals surface area contributed by atoms with E-state index in [0.717, 1.165) is 25.3 Å².